The number of carbonyl (C=O) groups excluding carboxylic acids is 2. The van der Waals surface area contributed by atoms with Crippen molar-refractivity contribution in [2.75, 3.05) is 13.2 Å². The minimum Gasteiger partial charge on any atom is -0.466 e. The van der Waals surface area contributed by atoms with Crippen LogP contribution in [0.15, 0.2) is 0 Å². The minimum absolute atomic E-state index is 0.0587. The van der Waals surface area contributed by atoms with Crippen molar-refractivity contribution < 1.29 is 35.9 Å². The maximum atomic E-state index is 11.9. The van der Waals surface area contributed by atoms with E-state index in [2.05, 4.69) is 9.47 Å². The van der Waals surface area contributed by atoms with Gasteiger partial charge >= 0.3 is 11.9 Å². The Morgan fingerprint density at radius 3 is 1.29 bits per heavy atom. The van der Waals surface area contributed by atoms with E-state index < -0.39 is 57.5 Å². The third-order valence-electron chi connectivity index (χ3n) is 2.54. The van der Waals surface area contributed by atoms with Gasteiger partial charge in [0, 0.05) is 0 Å². The lowest BCUT2D eigenvalue weighted by Crippen LogP contribution is -2.63. The average molecular weight is 388 g/mol. The van der Waals surface area contributed by atoms with Crippen LogP contribution in [0.5, 0.6) is 0 Å². The van der Waals surface area contributed by atoms with E-state index in [9.17, 15) is 26.4 Å². The molecular formula is C10H20N4O8S2. The van der Waals surface area contributed by atoms with Crippen LogP contribution in [0.2, 0.25) is 0 Å². The van der Waals surface area contributed by atoms with Gasteiger partial charge in [0.1, 0.15) is 0 Å². The van der Waals surface area contributed by atoms with E-state index in [1.807, 2.05) is 18.9 Å². The SMILES string of the molecule is CCOC(=O)C[C@H]1NS(=O)(=O)N[C@@H](CC(=O)OCC)NS(=O)(=O)N1. The molecule has 0 atom stereocenters. The molecule has 0 unspecified atom stereocenters. The number of hydrogen-bond donors (Lipinski definition) is 4. The van der Waals surface area contributed by atoms with E-state index in [0.29, 0.717) is 0 Å². The van der Waals surface area contributed by atoms with Gasteiger partial charge in [0.2, 0.25) is 0 Å². The highest BCUT2D eigenvalue weighted by Gasteiger charge is 2.33. The molecule has 140 valence electrons. The van der Waals surface area contributed by atoms with Crippen LogP contribution >= 0.6 is 0 Å². The van der Waals surface area contributed by atoms with E-state index >= 15 is 0 Å². The Bertz CT molecular complexity index is 580. The lowest BCUT2D eigenvalue weighted by molar-refractivity contribution is -0.144. The summed E-state index contributed by atoms with van der Waals surface area (Å²) in [4.78, 5) is 22.8. The second-order valence-electron chi connectivity index (χ2n) is 4.60. The van der Waals surface area contributed by atoms with Gasteiger partial charge in [0.25, 0.3) is 20.4 Å². The minimum atomic E-state index is -4.22. The van der Waals surface area contributed by atoms with Crippen LogP contribution in [-0.4, -0.2) is 54.3 Å². The van der Waals surface area contributed by atoms with E-state index in [1.165, 1.54) is 0 Å². The van der Waals surface area contributed by atoms with Crippen LogP contribution in [0.1, 0.15) is 26.7 Å². The van der Waals surface area contributed by atoms with Crippen molar-refractivity contribution in [1.82, 2.24) is 18.9 Å². The molecule has 1 aliphatic rings. The number of carbonyl (C=O) groups is 2. The first-order valence-corrected chi connectivity index (χ1v) is 9.94. The summed E-state index contributed by atoms with van der Waals surface area (Å²) in [6.07, 6.45) is -4.03. The summed E-state index contributed by atoms with van der Waals surface area (Å²) < 4.78 is 64.8. The molecule has 0 spiro atoms. The Morgan fingerprint density at radius 2 is 1.04 bits per heavy atom. The highest BCUT2D eigenvalue weighted by molar-refractivity contribution is 7.89. The summed E-state index contributed by atoms with van der Waals surface area (Å²) >= 11 is 0. The fourth-order valence-electron chi connectivity index (χ4n) is 1.81. The van der Waals surface area contributed by atoms with Crippen molar-refractivity contribution in [3.05, 3.63) is 0 Å². The van der Waals surface area contributed by atoms with Crippen LogP contribution in [0.25, 0.3) is 0 Å². The first-order chi connectivity index (χ1) is 11.1. The van der Waals surface area contributed by atoms with Gasteiger partial charge in [-0.2, -0.15) is 35.7 Å². The molecule has 1 saturated heterocycles. The number of nitrogens with one attached hydrogen (secondary N) is 4. The van der Waals surface area contributed by atoms with Crippen molar-refractivity contribution in [2.24, 2.45) is 0 Å². The molecule has 0 aromatic carbocycles. The first kappa shape index (κ1) is 20.7. The van der Waals surface area contributed by atoms with E-state index in [0.717, 1.165) is 0 Å². The van der Waals surface area contributed by atoms with Crippen LogP contribution < -0.4 is 18.9 Å². The van der Waals surface area contributed by atoms with E-state index in [-0.39, 0.29) is 13.2 Å². The van der Waals surface area contributed by atoms with Crippen molar-refractivity contribution in [3.63, 3.8) is 0 Å². The second-order valence-corrected chi connectivity index (χ2v) is 7.56. The lowest BCUT2D eigenvalue weighted by Gasteiger charge is -2.27. The summed E-state index contributed by atoms with van der Waals surface area (Å²) in [5.41, 5.74) is 0. The van der Waals surface area contributed by atoms with Crippen molar-refractivity contribution >= 4 is 32.4 Å². The Kier molecular flexibility index (Phi) is 7.50. The molecule has 12 nitrogen and oxygen atoms in total. The molecule has 0 aromatic heterocycles. The number of esters is 2. The van der Waals surface area contributed by atoms with Gasteiger partial charge in [-0.1, -0.05) is 0 Å². The first-order valence-electron chi connectivity index (χ1n) is 6.97. The fraction of sp³-hybridized carbons (Fsp3) is 0.800. The predicted molar refractivity (Wildman–Crippen MR) is 80.5 cm³/mol. The van der Waals surface area contributed by atoms with Crippen molar-refractivity contribution in [3.8, 4) is 0 Å². The molecule has 1 fully saturated rings. The summed E-state index contributed by atoms with van der Waals surface area (Å²) in [6.45, 7) is 3.22. The molecule has 0 radical (unpaired) electrons. The van der Waals surface area contributed by atoms with Crippen LogP contribution in [0.4, 0.5) is 0 Å². The van der Waals surface area contributed by atoms with Crippen LogP contribution in [0, 0.1) is 0 Å². The van der Waals surface area contributed by atoms with Gasteiger partial charge in [0.05, 0.1) is 38.4 Å². The summed E-state index contributed by atoms with van der Waals surface area (Å²) in [7, 11) is -8.43. The summed E-state index contributed by atoms with van der Waals surface area (Å²) in [5.74, 6) is -1.59. The molecule has 4 N–H and O–H groups in total. The van der Waals surface area contributed by atoms with Gasteiger partial charge < -0.3 is 9.47 Å². The third kappa shape index (κ3) is 7.50. The molecule has 24 heavy (non-hydrogen) atoms. The molecule has 0 aromatic rings. The van der Waals surface area contributed by atoms with Crippen molar-refractivity contribution in [2.45, 2.75) is 39.0 Å². The fourth-order valence-corrected chi connectivity index (χ4v) is 4.16. The topological polar surface area (TPSA) is 169 Å². The standard InChI is InChI=1S/C10H20N4O8S2/c1-3-21-9(15)5-7-11-23(17,18)13-8(6-10(16)22-4-2)14-24(19,20)12-7/h7-8,11-14H,3-6H2,1-2H3/t7-,8+. The number of ether oxygens (including phenoxy) is 2. The normalized spacial score (nSPS) is 25.9. The second kappa shape index (κ2) is 8.68. The van der Waals surface area contributed by atoms with Gasteiger partial charge in [-0.3, -0.25) is 9.59 Å². The van der Waals surface area contributed by atoms with E-state index in [4.69, 9.17) is 0 Å². The highest BCUT2D eigenvalue weighted by atomic mass is 32.2. The Morgan fingerprint density at radius 1 is 0.750 bits per heavy atom. The molecule has 1 rings (SSSR count). The quantitative estimate of drug-likeness (QED) is 0.359. The maximum Gasteiger partial charge on any atom is 0.308 e. The number of rotatable bonds is 6. The smallest absolute Gasteiger partial charge is 0.308 e. The lowest BCUT2D eigenvalue weighted by atomic mass is 10.4. The Hall–Kier alpha value is -1.32. The number of hydrogen-bond acceptors (Lipinski definition) is 8. The Labute approximate surface area is 140 Å². The molecule has 0 bridgehead atoms. The zero-order valence-electron chi connectivity index (χ0n) is 13.1. The van der Waals surface area contributed by atoms with Crippen LogP contribution in [-0.2, 0) is 39.5 Å². The average Bonchev–Trinajstić information content (AvgIpc) is 2.34. The molecule has 14 heteroatoms. The van der Waals surface area contributed by atoms with E-state index in [1.54, 1.807) is 13.8 Å². The maximum absolute atomic E-state index is 11.9. The molecule has 1 aliphatic heterocycles. The third-order valence-corrected chi connectivity index (χ3v) is 4.92. The summed E-state index contributed by atoms with van der Waals surface area (Å²) in [6, 6.07) is 0. The van der Waals surface area contributed by atoms with Gasteiger partial charge in [-0.15, -0.1) is 0 Å². The van der Waals surface area contributed by atoms with Gasteiger partial charge in [-0.05, 0) is 13.8 Å². The van der Waals surface area contributed by atoms with Crippen molar-refractivity contribution in [1.29, 1.82) is 0 Å². The van der Waals surface area contributed by atoms with Gasteiger partial charge in [0.15, 0.2) is 0 Å². The van der Waals surface area contributed by atoms with Crippen LogP contribution in [0.3, 0.4) is 0 Å². The predicted octanol–water partition coefficient (Wildman–Crippen LogP) is -2.59. The largest absolute Gasteiger partial charge is 0.466 e. The zero-order valence-corrected chi connectivity index (χ0v) is 14.7. The molecule has 0 amide bonds. The monoisotopic (exact) mass is 388 g/mol. The highest BCUT2D eigenvalue weighted by Crippen LogP contribution is 2.03. The molecular weight excluding hydrogens is 368 g/mol. The summed E-state index contributed by atoms with van der Waals surface area (Å²) in [5, 5.41) is 0. The van der Waals surface area contributed by atoms with Gasteiger partial charge in [-0.25, -0.2) is 0 Å². The zero-order chi connectivity index (χ0) is 18.4. The molecule has 0 aliphatic carbocycles. The molecule has 1 heterocycles. The Balaban J connectivity index is 2.89. The molecule has 0 saturated carbocycles.